The first kappa shape index (κ1) is 21.1. The largest absolute Gasteiger partial charge is 0.355 e. The Labute approximate surface area is 172 Å². The second kappa shape index (κ2) is 9.25. The fourth-order valence-electron chi connectivity index (χ4n) is 3.49. The number of nitrogens with zero attached hydrogens (tertiary/aromatic N) is 3. The van der Waals surface area contributed by atoms with Crippen LogP contribution in [-0.4, -0.2) is 51.1 Å². The van der Waals surface area contributed by atoms with Gasteiger partial charge in [-0.1, -0.05) is 0 Å². The molecule has 1 aromatic heterocycles. The first-order chi connectivity index (χ1) is 13.9. The maximum Gasteiger partial charge on any atom is 0.256 e. The summed E-state index contributed by atoms with van der Waals surface area (Å²) < 4.78 is 29.3. The third-order valence-corrected chi connectivity index (χ3v) is 5.43. The van der Waals surface area contributed by atoms with Crippen molar-refractivity contribution in [2.45, 2.75) is 32.7 Å². The molecular weight excluding hydrogens is 400 g/mol. The van der Waals surface area contributed by atoms with Crippen molar-refractivity contribution in [1.82, 2.24) is 25.0 Å². The third-order valence-electron chi connectivity index (χ3n) is 5.12. The van der Waals surface area contributed by atoms with E-state index in [2.05, 4.69) is 15.5 Å². The molecule has 156 valence electrons. The molecule has 0 spiro atoms. The SMILES string of the molecule is CCn1c(CCNC(=O)C2CCN(C(=O)c3ccc(F)cc3F)CC2)n[nH]c1=S. The lowest BCUT2D eigenvalue weighted by molar-refractivity contribution is -0.126. The molecule has 2 N–H and O–H groups in total. The second-order valence-electron chi connectivity index (χ2n) is 6.92. The summed E-state index contributed by atoms with van der Waals surface area (Å²) in [6.45, 7) is 3.82. The van der Waals surface area contributed by atoms with Crippen LogP contribution in [0.5, 0.6) is 0 Å². The van der Waals surface area contributed by atoms with E-state index in [1.165, 1.54) is 4.90 Å². The Bertz CT molecular complexity index is 950. The van der Waals surface area contributed by atoms with Crippen molar-refractivity contribution < 1.29 is 18.4 Å². The number of H-pyrrole nitrogens is 1. The summed E-state index contributed by atoms with van der Waals surface area (Å²) in [6, 6.07) is 2.91. The highest BCUT2D eigenvalue weighted by Gasteiger charge is 2.28. The molecule has 2 amide bonds. The van der Waals surface area contributed by atoms with Crippen molar-refractivity contribution in [2.75, 3.05) is 19.6 Å². The van der Waals surface area contributed by atoms with Crippen molar-refractivity contribution in [3.63, 3.8) is 0 Å². The van der Waals surface area contributed by atoms with E-state index in [1.54, 1.807) is 0 Å². The van der Waals surface area contributed by atoms with Gasteiger partial charge in [0.05, 0.1) is 5.56 Å². The number of benzene rings is 1. The number of aromatic amines is 1. The van der Waals surface area contributed by atoms with Crippen LogP contribution in [0.25, 0.3) is 0 Å². The lowest BCUT2D eigenvalue weighted by atomic mass is 9.95. The van der Waals surface area contributed by atoms with Crippen LogP contribution in [0.3, 0.4) is 0 Å². The number of aromatic nitrogens is 3. The third kappa shape index (κ3) is 4.87. The van der Waals surface area contributed by atoms with Crippen LogP contribution in [0.15, 0.2) is 18.2 Å². The van der Waals surface area contributed by atoms with Gasteiger partial charge >= 0.3 is 0 Å². The van der Waals surface area contributed by atoms with Gasteiger partial charge in [-0.2, -0.15) is 5.10 Å². The number of carbonyl (C=O) groups is 2. The van der Waals surface area contributed by atoms with E-state index < -0.39 is 17.5 Å². The van der Waals surface area contributed by atoms with Crippen molar-refractivity contribution in [3.8, 4) is 0 Å². The van der Waals surface area contributed by atoms with Crippen LogP contribution >= 0.6 is 12.2 Å². The number of rotatable bonds is 6. The molecule has 1 saturated heterocycles. The van der Waals surface area contributed by atoms with Gasteiger partial charge in [-0.3, -0.25) is 14.7 Å². The van der Waals surface area contributed by atoms with Crippen LogP contribution in [0.4, 0.5) is 8.78 Å². The number of hydrogen-bond acceptors (Lipinski definition) is 4. The number of piperidine rings is 1. The molecule has 2 aromatic rings. The number of carbonyl (C=O) groups excluding carboxylic acids is 2. The molecule has 7 nitrogen and oxygen atoms in total. The maximum absolute atomic E-state index is 13.8. The van der Waals surface area contributed by atoms with Crippen LogP contribution in [0, 0.1) is 22.3 Å². The van der Waals surface area contributed by atoms with E-state index in [0.717, 1.165) is 18.0 Å². The number of nitrogens with one attached hydrogen (secondary N) is 2. The maximum atomic E-state index is 13.8. The predicted molar refractivity (Wildman–Crippen MR) is 105 cm³/mol. The smallest absolute Gasteiger partial charge is 0.256 e. The van der Waals surface area contributed by atoms with Crippen molar-refractivity contribution in [3.05, 3.63) is 46.0 Å². The standard InChI is InChI=1S/C19H23F2N5O2S/c1-2-26-16(23-24-19(26)29)5-8-22-17(27)12-6-9-25(10-7-12)18(28)14-4-3-13(20)11-15(14)21/h3-4,11-12H,2,5-10H2,1H3,(H,22,27)(H,24,29). The molecule has 0 bridgehead atoms. The van der Waals surface area contributed by atoms with Crippen molar-refractivity contribution >= 4 is 24.0 Å². The summed E-state index contributed by atoms with van der Waals surface area (Å²) in [7, 11) is 0. The van der Waals surface area contributed by atoms with Gasteiger partial charge in [0.2, 0.25) is 5.91 Å². The number of halogens is 2. The van der Waals surface area contributed by atoms with Gasteiger partial charge in [0.15, 0.2) is 4.77 Å². The zero-order valence-corrected chi connectivity index (χ0v) is 16.9. The Morgan fingerprint density at radius 2 is 2.03 bits per heavy atom. The van der Waals surface area contributed by atoms with Gasteiger partial charge in [-0.05, 0) is 44.1 Å². The van der Waals surface area contributed by atoms with Crippen LogP contribution < -0.4 is 5.32 Å². The molecule has 1 fully saturated rings. The highest BCUT2D eigenvalue weighted by Crippen LogP contribution is 2.20. The lowest BCUT2D eigenvalue weighted by Crippen LogP contribution is -2.43. The minimum absolute atomic E-state index is 0.0674. The first-order valence-electron chi connectivity index (χ1n) is 9.56. The lowest BCUT2D eigenvalue weighted by Gasteiger charge is -2.31. The van der Waals surface area contributed by atoms with Crippen LogP contribution in [0.1, 0.15) is 35.9 Å². The summed E-state index contributed by atoms with van der Waals surface area (Å²) in [6.07, 6.45) is 1.55. The van der Waals surface area contributed by atoms with E-state index in [0.29, 0.717) is 56.3 Å². The molecule has 2 heterocycles. The molecule has 3 rings (SSSR count). The molecule has 10 heteroatoms. The van der Waals surface area contributed by atoms with Gasteiger partial charge in [-0.15, -0.1) is 0 Å². The molecule has 1 aliphatic heterocycles. The van der Waals surface area contributed by atoms with Crippen molar-refractivity contribution in [1.29, 1.82) is 0 Å². The van der Waals surface area contributed by atoms with Crippen LogP contribution in [-0.2, 0) is 17.8 Å². The zero-order chi connectivity index (χ0) is 21.0. The molecule has 1 aromatic carbocycles. The van der Waals surface area contributed by atoms with Crippen LogP contribution in [0.2, 0.25) is 0 Å². The number of likely N-dealkylation sites (tertiary alicyclic amines) is 1. The minimum Gasteiger partial charge on any atom is -0.355 e. The quantitative estimate of drug-likeness (QED) is 0.700. The first-order valence-corrected chi connectivity index (χ1v) is 9.97. The Hall–Kier alpha value is -2.62. The highest BCUT2D eigenvalue weighted by atomic mass is 32.1. The summed E-state index contributed by atoms with van der Waals surface area (Å²) in [5.41, 5.74) is -0.154. The minimum atomic E-state index is -0.875. The van der Waals surface area contributed by atoms with E-state index in [9.17, 15) is 18.4 Å². The number of hydrogen-bond donors (Lipinski definition) is 2. The Morgan fingerprint density at radius 3 is 2.69 bits per heavy atom. The Morgan fingerprint density at radius 1 is 1.31 bits per heavy atom. The topological polar surface area (TPSA) is 83.0 Å². The molecular formula is C19H23F2N5O2S. The predicted octanol–water partition coefficient (Wildman–Crippen LogP) is 2.45. The molecule has 0 radical (unpaired) electrons. The van der Waals surface area contributed by atoms with Gasteiger partial charge in [-0.25, -0.2) is 8.78 Å². The normalized spacial score (nSPS) is 14.8. The molecule has 29 heavy (non-hydrogen) atoms. The van der Waals surface area contributed by atoms with Crippen molar-refractivity contribution in [2.24, 2.45) is 5.92 Å². The van der Waals surface area contributed by atoms with Gasteiger partial charge in [0, 0.05) is 44.6 Å². The van der Waals surface area contributed by atoms with Gasteiger partial charge < -0.3 is 14.8 Å². The molecule has 0 atom stereocenters. The monoisotopic (exact) mass is 423 g/mol. The average molecular weight is 423 g/mol. The fourth-order valence-corrected chi connectivity index (χ4v) is 3.77. The van der Waals surface area contributed by atoms with E-state index in [4.69, 9.17) is 12.2 Å². The summed E-state index contributed by atoms with van der Waals surface area (Å²) in [5, 5.41) is 9.81. The summed E-state index contributed by atoms with van der Waals surface area (Å²) >= 11 is 5.14. The Balaban J connectivity index is 1.48. The fraction of sp³-hybridized carbons (Fsp3) is 0.474. The zero-order valence-electron chi connectivity index (χ0n) is 16.1. The average Bonchev–Trinajstić information content (AvgIpc) is 3.07. The second-order valence-corrected chi connectivity index (χ2v) is 7.31. The molecule has 1 aliphatic rings. The van der Waals surface area contributed by atoms with E-state index in [1.807, 2.05) is 11.5 Å². The van der Waals surface area contributed by atoms with E-state index >= 15 is 0 Å². The highest BCUT2D eigenvalue weighted by molar-refractivity contribution is 7.71. The molecule has 0 saturated carbocycles. The molecule has 0 aliphatic carbocycles. The Kier molecular flexibility index (Phi) is 6.73. The summed E-state index contributed by atoms with van der Waals surface area (Å²) in [4.78, 5) is 26.4. The van der Waals surface area contributed by atoms with Gasteiger partial charge in [0.25, 0.3) is 5.91 Å². The molecule has 0 unspecified atom stereocenters. The van der Waals surface area contributed by atoms with E-state index in [-0.39, 0.29) is 17.4 Å². The van der Waals surface area contributed by atoms with Gasteiger partial charge in [0.1, 0.15) is 17.5 Å². The number of amides is 2. The summed E-state index contributed by atoms with van der Waals surface area (Å²) in [5.74, 6) is -1.56.